The number of rotatable bonds is 2. The second-order valence-corrected chi connectivity index (χ2v) is 3.47. The fourth-order valence-electron chi connectivity index (χ4n) is 1.34. The van der Waals surface area contributed by atoms with E-state index in [1.807, 2.05) is 13.0 Å². The Kier molecular flexibility index (Phi) is 2.94. The van der Waals surface area contributed by atoms with Gasteiger partial charge in [0.15, 0.2) is 0 Å². The number of aryl methyl sites for hydroxylation is 2. The maximum absolute atomic E-state index is 5.83. The van der Waals surface area contributed by atoms with E-state index in [0.29, 0.717) is 0 Å². The van der Waals surface area contributed by atoms with E-state index in [9.17, 15) is 0 Å². The van der Waals surface area contributed by atoms with E-state index < -0.39 is 0 Å². The summed E-state index contributed by atoms with van der Waals surface area (Å²) in [5.41, 5.74) is 9.40. The Labute approximate surface area is 79.7 Å². The molecule has 0 heterocycles. The van der Waals surface area contributed by atoms with E-state index in [2.05, 4.69) is 19.9 Å². The van der Waals surface area contributed by atoms with Crippen LogP contribution < -0.4 is 10.5 Å². The van der Waals surface area contributed by atoms with Crippen molar-refractivity contribution in [1.29, 1.82) is 0 Å². The lowest BCUT2D eigenvalue weighted by molar-refractivity contribution is 0.406. The SMILES string of the molecule is COc1cc(C)c(C)cc1[C@H](C)N. The van der Waals surface area contributed by atoms with Crippen LogP contribution in [0.15, 0.2) is 12.1 Å². The summed E-state index contributed by atoms with van der Waals surface area (Å²) in [6.45, 7) is 6.12. The fraction of sp³-hybridized carbons (Fsp3) is 0.455. The Morgan fingerprint density at radius 3 is 2.23 bits per heavy atom. The van der Waals surface area contributed by atoms with E-state index in [1.54, 1.807) is 7.11 Å². The second kappa shape index (κ2) is 3.79. The molecule has 0 aliphatic rings. The van der Waals surface area contributed by atoms with Crippen LogP contribution in [0, 0.1) is 13.8 Å². The number of hydrogen-bond acceptors (Lipinski definition) is 2. The third-order valence-electron chi connectivity index (χ3n) is 2.34. The van der Waals surface area contributed by atoms with Crippen molar-refractivity contribution in [2.24, 2.45) is 5.73 Å². The van der Waals surface area contributed by atoms with Gasteiger partial charge in [0, 0.05) is 11.6 Å². The Morgan fingerprint density at radius 1 is 1.23 bits per heavy atom. The monoisotopic (exact) mass is 179 g/mol. The first kappa shape index (κ1) is 10.1. The summed E-state index contributed by atoms with van der Waals surface area (Å²) in [6, 6.07) is 4.15. The lowest BCUT2D eigenvalue weighted by Gasteiger charge is -2.14. The molecule has 1 aromatic carbocycles. The van der Waals surface area contributed by atoms with Crippen molar-refractivity contribution < 1.29 is 4.74 Å². The van der Waals surface area contributed by atoms with Crippen molar-refractivity contribution >= 4 is 0 Å². The van der Waals surface area contributed by atoms with Crippen LogP contribution in [0.1, 0.15) is 29.7 Å². The maximum Gasteiger partial charge on any atom is 0.123 e. The topological polar surface area (TPSA) is 35.2 Å². The lowest BCUT2D eigenvalue weighted by Crippen LogP contribution is -2.07. The minimum atomic E-state index is 0.0225. The van der Waals surface area contributed by atoms with Crippen LogP contribution in [0.2, 0.25) is 0 Å². The quantitative estimate of drug-likeness (QED) is 0.756. The molecule has 72 valence electrons. The van der Waals surface area contributed by atoms with Gasteiger partial charge in [-0.3, -0.25) is 0 Å². The van der Waals surface area contributed by atoms with Crippen molar-refractivity contribution in [3.63, 3.8) is 0 Å². The standard InChI is InChI=1S/C11H17NO/c1-7-5-10(9(3)12)11(13-4)6-8(7)2/h5-6,9H,12H2,1-4H3/t9-/m0/s1. The number of nitrogens with two attached hydrogens (primary N) is 1. The predicted octanol–water partition coefficient (Wildman–Crippen LogP) is 2.33. The van der Waals surface area contributed by atoms with E-state index in [4.69, 9.17) is 10.5 Å². The molecule has 13 heavy (non-hydrogen) atoms. The van der Waals surface area contributed by atoms with Crippen LogP contribution in [-0.2, 0) is 0 Å². The van der Waals surface area contributed by atoms with E-state index in [1.165, 1.54) is 11.1 Å². The van der Waals surface area contributed by atoms with Gasteiger partial charge in [0.25, 0.3) is 0 Å². The van der Waals surface area contributed by atoms with Crippen LogP contribution in [0.5, 0.6) is 5.75 Å². The highest BCUT2D eigenvalue weighted by atomic mass is 16.5. The zero-order valence-electron chi connectivity index (χ0n) is 8.72. The molecule has 2 heteroatoms. The van der Waals surface area contributed by atoms with Gasteiger partial charge in [-0.2, -0.15) is 0 Å². The largest absolute Gasteiger partial charge is 0.496 e. The molecular weight excluding hydrogens is 162 g/mol. The Balaban J connectivity index is 3.25. The van der Waals surface area contributed by atoms with E-state index >= 15 is 0 Å². The summed E-state index contributed by atoms with van der Waals surface area (Å²) in [5.74, 6) is 0.887. The number of ether oxygens (including phenoxy) is 1. The normalized spacial score (nSPS) is 12.7. The summed E-state index contributed by atoms with van der Waals surface area (Å²) in [6.07, 6.45) is 0. The van der Waals surface area contributed by atoms with Crippen LogP contribution in [0.3, 0.4) is 0 Å². The molecule has 0 aliphatic heterocycles. The van der Waals surface area contributed by atoms with Crippen molar-refractivity contribution in [3.8, 4) is 5.75 Å². The van der Waals surface area contributed by atoms with E-state index in [-0.39, 0.29) is 6.04 Å². The average Bonchev–Trinajstić information content (AvgIpc) is 2.08. The summed E-state index contributed by atoms with van der Waals surface area (Å²) in [7, 11) is 1.68. The molecule has 0 aromatic heterocycles. The fourth-order valence-corrected chi connectivity index (χ4v) is 1.34. The van der Waals surface area contributed by atoms with Gasteiger partial charge in [0.05, 0.1) is 7.11 Å². The predicted molar refractivity (Wildman–Crippen MR) is 55.1 cm³/mol. The molecule has 0 spiro atoms. The molecule has 2 nitrogen and oxygen atoms in total. The molecule has 0 fully saturated rings. The summed E-state index contributed by atoms with van der Waals surface area (Å²) < 4.78 is 5.26. The van der Waals surface area contributed by atoms with Gasteiger partial charge in [-0.1, -0.05) is 6.07 Å². The van der Waals surface area contributed by atoms with Gasteiger partial charge in [-0.15, -0.1) is 0 Å². The van der Waals surface area contributed by atoms with Crippen molar-refractivity contribution in [1.82, 2.24) is 0 Å². The van der Waals surface area contributed by atoms with Gasteiger partial charge in [0.1, 0.15) is 5.75 Å². The van der Waals surface area contributed by atoms with E-state index in [0.717, 1.165) is 11.3 Å². The van der Waals surface area contributed by atoms with Crippen molar-refractivity contribution in [2.45, 2.75) is 26.8 Å². The molecule has 0 aliphatic carbocycles. The van der Waals surface area contributed by atoms with Crippen molar-refractivity contribution in [3.05, 3.63) is 28.8 Å². The molecule has 0 saturated heterocycles. The van der Waals surface area contributed by atoms with Crippen LogP contribution >= 0.6 is 0 Å². The van der Waals surface area contributed by atoms with Crippen LogP contribution in [-0.4, -0.2) is 7.11 Å². The molecule has 0 amide bonds. The molecule has 0 bridgehead atoms. The number of benzene rings is 1. The zero-order chi connectivity index (χ0) is 10.0. The summed E-state index contributed by atoms with van der Waals surface area (Å²) >= 11 is 0. The lowest BCUT2D eigenvalue weighted by atomic mass is 10.0. The first-order valence-electron chi connectivity index (χ1n) is 4.47. The Hall–Kier alpha value is -1.02. The molecule has 2 N–H and O–H groups in total. The smallest absolute Gasteiger partial charge is 0.123 e. The Bertz CT molecular complexity index is 305. The van der Waals surface area contributed by atoms with Crippen LogP contribution in [0.4, 0.5) is 0 Å². The molecule has 0 radical (unpaired) electrons. The van der Waals surface area contributed by atoms with Gasteiger partial charge in [0.2, 0.25) is 0 Å². The third kappa shape index (κ3) is 2.01. The third-order valence-corrected chi connectivity index (χ3v) is 2.34. The molecule has 1 atom stereocenters. The summed E-state index contributed by atoms with van der Waals surface area (Å²) in [4.78, 5) is 0. The molecular formula is C11H17NO. The van der Waals surface area contributed by atoms with Gasteiger partial charge >= 0.3 is 0 Å². The molecule has 0 saturated carbocycles. The average molecular weight is 179 g/mol. The maximum atomic E-state index is 5.83. The van der Waals surface area contributed by atoms with Gasteiger partial charge in [-0.25, -0.2) is 0 Å². The minimum absolute atomic E-state index is 0.0225. The van der Waals surface area contributed by atoms with Gasteiger partial charge < -0.3 is 10.5 Å². The van der Waals surface area contributed by atoms with Gasteiger partial charge in [-0.05, 0) is 38.0 Å². The first-order valence-corrected chi connectivity index (χ1v) is 4.47. The molecule has 1 rings (SSSR count). The first-order chi connectivity index (χ1) is 6.06. The highest BCUT2D eigenvalue weighted by Crippen LogP contribution is 2.26. The molecule has 1 aromatic rings. The highest BCUT2D eigenvalue weighted by molar-refractivity contribution is 5.43. The van der Waals surface area contributed by atoms with Crippen molar-refractivity contribution in [2.75, 3.05) is 7.11 Å². The molecule has 0 unspecified atom stereocenters. The highest BCUT2D eigenvalue weighted by Gasteiger charge is 2.08. The number of hydrogen-bond donors (Lipinski definition) is 1. The minimum Gasteiger partial charge on any atom is -0.496 e. The zero-order valence-corrected chi connectivity index (χ0v) is 8.72. The number of methoxy groups -OCH3 is 1. The van der Waals surface area contributed by atoms with Crippen LogP contribution in [0.25, 0.3) is 0 Å². The second-order valence-electron chi connectivity index (χ2n) is 3.47. The summed E-state index contributed by atoms with van der Waals surface area (Å²) in [5, 5.41) is 0. The Morgan fingerprint density at radius 2 is 1.77 bits per heavy atom.